The zero-order valence-corrected chi connectivity index (χ0v) is 19.1. The van der Waals surface area contributed by atoms with Gasteiger partial charge in [-0.05, 0) is 107 Å². The van der Waals surface area contributed by atoms with Crippen LogP contribution in [0.5, 0.6) is 11.5 Å². The molecule has 2 saturated carbocycles. The lowest BCUT2D eigenvalue weighted by atomic mass is 9.84. The highest BCUT2D eigenvalue weighted by Gasteiger charge is 2.28. The van der Waals surface area contributed by atoms with Crippen molar-refractivity contribution < 1.29 is 23.4 Å². The smallest absolute Gasteiger partial charge is 0.381 e. The molecule has 176 valence electrons. The molecule has 1 aromatic rings. The normalized spacial score (nSPS) is 26.5. The summed E-state index contributed by atoms with van der Waals surface area (Å²) in [4.78, 5) is 12.1. The number of allylic oxidation sites excluding steroid dienone is 2. The Hall–Kier alpha value is -2.30. The Morgan fingerprint density at radius 1 is 0.906 bits per heavy atom. The van der Waals surface area contributed by atoms with Crippen LogP contribution in [0.15, 0.2) is 49.6 Å². The molecule has 0 saturated heterocycles. The molecule has 0 aromatic heterocycles. The van der Waals surface area contributed by atoms with Crippen LogP contribution in [0.25, 0.3) is 0 Å². The van der Waals surface area contributed by atoms with Crippen LogP contribution in [0, 0.1) is 11.8 Å². The molecule has 5 heteroatoms. The van der Waals surface area contributed by atoms with Crippen LogP contribution in [-0.4, -0.2) is 24.5 Å². The maximum atomic E-state index is 14.3. The summed E-state index contributed by atoms with van der Waals surface area (Å²) in [5, 5.41) is 0. The molecule has 4 nitrogen and oxygen atoms in total. The Balaban J connectivity index is 1.38. The lowest BCUT2D eigenvalue weighted by Crippen LogP contribution is -2.31. The number of ether oxygens (including phenoxy) is 3. The number of carbonyl (C=O) groups is 1. The second-order valence-electron chi connectivity index (χ2n) is 9.14. The Bertz CT molecular complexity index is 716. The number of esters is 1. The minimum atomic E-state index is -2.12. The molecular formula is C27H37FO4. The lowest BCUT2D eigenvalue weighted by Gasteiger charge is -2.28. The molecule has 0 heterocycles. The predicted molar refractivity (Wildman–Crippen MR) is 124 cm³/mol. The van der Waals surface area contributed by atoms with Crippen molar-refractivity contribution in [3.63, 3.8) is 0 Å². The minimum Gasteiger partial charge on any atom is -0.490 e. The number of alkyl halides is 1. The summed E-state index contributed by atoms with van der Waals surface area (Å²) in [6, 6.07) is 6.77. The van der Waals surface area contributed by atoms with Crippen LogP contribution in [0.3, 0.4) is 0 Å². The molecular weight excluding hydrogens is 407 g/mol. The van der Waals surface area contributed by atoms with Crippen molar-refractivity contribution in [3.05, 3.63) is 49.6 Å². The van der Waals surface area contributed by atoms with E-state index in [1.807, 2.05) is 12.2 Å². The average molecular weight is 445 g/mol. The van der Waals surface area contributed by atoms with Crippen LogP contribution in [0.2, 0.25) is 0 Å². The van der Waals surface area contributed by atoms with Gasteiger partial charge < -0.3 is 14.2 Å². The van der Waals surface area contributed by atoms with Gasteiger partial charge in [0.25, 0.3) is 0 Å². The first-order valence-electron chi connectivity index (χ1n) is 12.1. The molecule has 0 N–H and O–H groups in total. The quantitative estimate of drug-likeness (QED) is 0.274. The third-order valence-electron chi connectivity index (χ3n) is 6.70. The van der Waals surface area contributed by atoms with Crippen molar-refractivity contribution in [2.75, 3.05) is 0 Å². The fourth-order valence-corrected chi connectivity index (χ4v) is 4.79. The van der Waals surface area contributed by atoms with Gasteiger partial charge in [-0.25, -0.2) is 4.79 Å². The van der Waals surface area contributed by atoms with Gasteiger partial charge in [0.15, 0.2) is 0 Å². The second-order valence-corrected chi connectivity index (χ2v) is 9.14. The third-order valence-corrected chi connectivity index (χ3v) is 6.70. The molecule has 2 aliphatic rings. The van der Waals surface area contributed by atoms with E-state index in [0.717, 1.165) is 82.3 Å². The second kappa shape index (κ2) is 12.7. The van der Waals surface area contributed by atoms with Crippen LogP contribution in [0.1, 0.15) is 70.6 Å². The zero-order valence-electron chi connectivity index (χ0n) is 19.1. The summed E-state index contributed by atoms with van der Waals surface area (Å²) in [5.74, 6) is 1.43. The Kier molecular flexibility index (Phi) is 9.63. The van der Waals surface area contributed by atoms with Gasteiger partial charge in [0, 0.05) is 0 Å². The van der Waals surface area contributed by atoms with Crippen molar-refractivity contribution in [2.45, 2.75) is 89.2 Å². The highest BCUT2D eigenvalue weighted by Crippen LogP contribution is 2.31. The van der Waals surface area contributed by atoms with Crippen molar-refractivity contribution in [3.8, 4) is 11.5 Å². The lowest BCUT2D eigenvalue weighted by molar-refractivity contribution is -0.168. The highest BCUT2D eigenvalue weighted by atomic mass is 19.1. The topological polar surface area (TPSA) is 44.8 Å². The van der Waals surface area contributed by atoms with E-state index >= 15 is 0 Å². The van der Waals surface area contributed by atoms with Gasteiger partial charge in [-0.15, -0.1) is 13.2 Å². The van der Waals surface area contributed by atoms with Gasteiger partial charge in [0.1, 0.15) is 17.6 Å². The number of hydrogen-bond acceptors (Lipinski definition) is 4. The molecule has 1 unspecified atom stereocenters. The monoisotopic (exact) mass is 444 g/mol. The van der Waals surface area contributed by atoms with Crippen molar-refractivity contribution in [1.29, 1.82) is 0 Å². The van der Waals surface area contributed by atoms with Gasteiger partial charge in [-0.1, -0.05) is 12.2 Å². The molecule has 0 aliphatic heterocycles. The van der Waals surface area contributed by atoms with Crippen LogP contribution < -0.4 is 9.47 Å². The van der Waals surface area contributed by atoms with E-state index in [9.17, 15) is 9.18 Å². The Morgan fingerprint density at radius 3 is 2.12 bits per heavy atom. The van der Waals surface area contributed by atoms with E-state index in [0.29, 0.717) is 5.92 Å². The maximum Gasteiger partial charge on any atom is 0.381 e. The zero-order chi connectivity index (χ0) is 22.8. The minimum absolute atomic E-state index is 0.207. The van der Waals surface area contributed by atoms with E-state index in [1.165, 1.54) is 0 Å². The summed E-state index contributed by atoms with van der Waals surface area (Å²) in [7, 11) is 0. The molecule has 0 bridgehead atoms. The molecule has 0 amide bonds. The molecule has 0 spiro atoms. The maximum absolute atomic E-state index is 14.3. The number of rotatable bonds is 11. The average Bonchev–Trinajstić information content (AvgIpc) is 2.81. The Labute approximate surface area is 191 Å². The number of benzene rings is 1. The molecule has 2 fully saturated rings. The molecule has 0 radical (unpaired) electrons. The standard InChI is InChI=1S/C27H37FO4/c1-3-5-7-21-10-14-25(15-11-21)32-27(29)26(28)31-24-18-16-23(17-19-24)30-22-12-8-20(6-4-2)9-13-22/h3-4,16-22,25-26H,1-2,5-15H2. The third kappa shape index (κ3) is 7.68. The summed E-state index contributed by atoms with van der Waals surface area (Å²) in [6.45, 7) is 7.58. The first kappa shape index (κ1) is 24.3. The van der Waals surface area contributed by atoms with Crippen LogP contribution in [0.4, 0.5) is 4.39 Å². The van der Waals surface area contributed by atoms with E-state index in [-0.39, 0.29) is 18.0 Å². The van der Waals surface area contributed by atoms with Gasteiger partial charge >= 0.3 is 12.3 Å². The van der Waals surface area contributed by atoms with Crippen molar-refractivity contribution in [1.82, 2.24) is 0 Å². The summed E-state index contributed by atoms with van der Waals surface area (Å²) < 4.78 is 30.9. The van der Waals surface area contributed by atoms with Crippen LogP contribution in [-0.2, 0) is 9.53 Å². The van der Waals surface area contributed by atoms with Gasteiger partial charge in [0.2, 0.25) is 0 Å². The molecule has 2 aliphatic carbocycles. The number of halogens is 1. The SMILES string of the molecule is C=CCCC1CCC(OC(=O)C(F)Oc2ccc(OC3CCC(CC=C)CC3)cc2)CC1. The Morgan fingerprint density at radius 2 is 1.50 bits per heavy atom. The van der Waals surface area contributed by atoms with Crippen molar-refractivity contribution in [2.24, 2.45) is 11.8 Å². The number of carbonyl (C=O) groups excluding carboxylic acids is 1. The fourth-order valence-electron chi connectivity index (χ4n) is 4.79. The summed E-state index contributed by atoms with van der Waals surface area (Å²) in [6.07, 6.45) is 12.9. The van der Waals surface area contributed by atoms with E-state index in [1.54, 1.807) is 24.3 Å². The van der Waals surface area contributed by atoms with E-state index in [2.05, 4.69) is 13.2 Å². The van der Waals surface area contributed by atoms with Gasteiger partial charge in [-0.3, -0.25) is 0 Å². The molecule has 1 atom stereocenters. The first-order valence-corrected chi connectivity index (χ1v) is 12.1. The highest BCUT2D eigenvalue weighted by molar-refractivity contribution is 5.73. The predicted octanol–water partition coefficient (Wildman–Crippen LogP) is 6.94. The molecule has 1 aromatic carbocycles. The molecule has 32 heavy (non-hydrogen) atoms. The largest absolute Gasteiger partial charge is 0.490 e. The number of hydrogen-bond donors (Lipinski definition) is 0. The first-order chi connectivity index (χ1) is 15.6. The van der Waals surface area contributed by atoms with Gasteiger partial charge in [0.05, 0.1) is 6.10 Å². The van der Waals surface area contributed by atoms with Crippen LogP contribution >= 0.6 is 0 Å². The summed E-state index contributed by atoms with van der Waals surface area (Å²) in [5.41, 5.74) is 0. The van der Waals surface area contributed by atoms with E-state index < -0.39 is 12.3 Å². The summed E-state index contributed by atoms with van der Waals surface area (Å²) >= 11 is 0. The van der Waals surface area contributed by atoms with Gasteiger partial charge in [-0.2, -0.15) is 4.39 Å². The molecule has 3 rings (SSSR count). The fraction of sp³-hybridized carbons (Fsp3) is 0.593. The van der Waals surface area contributed by atoms with Crippen molar-refractivity contribution >= 4 is 5.97 Å². The van der Waals surface area contributed by atoms with E-state index in [4.69, 9.17) is 14.2 Å².